The van der Waals surface area contributed by atoms with Crippen molar-refractivity contribution in [3.8, 4) is 5.95 Å². The molecule has 1 aromatic heterocycles. The molecule has 0 amide bonds. The van der Waals surface area contributed by atoms with E-state index in [1.165, 1.54) is 96.2 Å². The van der Waals surface area contributed by atoms with Gasteiger partial charge in [0.1, 0.15) is 0 Å². The molecule has 0 bridgehead atoms. The van der Waals surface area contributed by atoms with Crippen molar-refractivity contribution in [2.45, 2.75) is 103 Å². The van der Waals surface area contributed by atoms with Gasteiger partial charge in [-0.3, -0.25) is 4.79 Å². The molecule has 144 valence electrons. The van der Waals surface area contributed by atoms with Crippen molar-refractivity contribution in [3.63, 3.8) is 0 Å². The summed E-state index contributed by atoms with van der Waals surface area (Å²) in [6.45, 7) is 2.91. The minimum absolute atomic E-state index is 0.361. The summed E-state index contributed by atoms with van der Waals surface area (Å²) in [4.78, 5) is 10.7. The first-order valence-corrected chi connectivity index (χ1v) is 10.5. The fraction of sp³-hybridized carbons (Fsp3) is 0.773. The predicted octanol–water partition coefficient (Wildman–Crippen LogP) is 7.34. The van der Waals surface area contributed by atoms with Crippen LogP contribution in [0.5, 0.6) is 5.95 Å². The molecule has 0 spiro atoms. The van der Waals surface area contributed by atoms with E-state index in [1.807, 2.05) is 0 Å². The molecule has 1 heterocycles. The average molecular weight is 351 g/mol. The van der Waals surface area contributed by atoms with Gasteiger partial charge in [0.2, 0.25) is 0 Å². The lowest BCUT2D eigenvalue weighted by molar-refractivity contribution is 0.111. The van der Waals surface area contributed by atoms with Crippen LogP contribution in [-0.4, -0.2) is 12.9 Å². The van der Waals surface area contributed by atoms with Crippen molar-refractivity contribution >= 4 is 6.29 Å². The Kier molecular flexibility index (Phi) is 14.1. The molecule has 0 saturated carbocycles. The summed E-state index contributed by atoms with van der Waals surface area (Å²) in [7, 11) is 0. The third kappa shape index (κ3) is 11.9. The zero-order chi connectivity index (χ0) is 18.0. The lowest BCUT2D eigenvalue weighted by Gasteiger charge is -2.04. The minimum atomic E-state index is 0.361. The van der Waals surface area contributed by atoms with Crippen LogP contribution < -0.4 is 4.74 Å². The molecule has 0 aromatic carbocycles. The van der Waals surface area contributed by atoms with E-state index in [0.717, 1.165) is 12.7 Å². The predicted molar refractivity (Wildman–Crippen MR) is 105 cm³/mol. The van der Waals surface area contributed by atoms with E-state index in [2.05, 4.69) is 6.92 Å². The molecular formula is C22H38O3. The van der Waals surface area contributed by atoms with Crippen LogP contribution in [0.2, 0.25) is 0 Å². The van der Waals surface area contributed by atoms with E-state index in [4.69, 9.17) is 9.15 Å². The molecule has 0 fully saturated rings. The first-order valence-electron chi connectivity index (χ1n) is 10.5. The van der Waals surface area contributed by atoms with E-state index >= 15 is 0 Å². The second-order valence-corrected chi connectivity index (χ2v) is 7.08. The molecule has 0 aliphatic carbocycles. The molecule has 3 heteroatoms. The zero-order valence-corrected chi connectivity index (χ0v) is 16.3. The standard InChI is InChI=1S/C22H38O3/c1-2-3-4-5-6-7-8-9-10-11-12-13-14-15-16-18-24-22-21(20-23)17-19-25-22/h17,19-20H,2-16,18H2,1H3. The normalized spacial score (nSPS) is 10.9. The molecule has 1 aromatic rings. The first kappa shape index (κ1) is 21.8. The fourth-order valence-corrected chi connectivity index (χ4v) is 3.15. The summed E-state index contributed by atoms with van der Waals surface area (Å²) in [5.74, 6) is 0.361. The molecule has 0 saturated heterocycles. The highest BCUT2D eigenvalue weighted by Gasteiger charge is 2.05. The number of hydrogen-bond donors (Lipinski definition) is 0. The number of unbranched alkanes of at least 4 members (excludes halogenated alkanes) is 14. The lowest BCUT2D eigenvalue weighted by Crippen LogP contribution is -1.98. The van der Waals surface area contributed by atoms with Gasteiger partial charge in [-0.1, -0.05) is 96.8 Å². The number of rotatable bonds is 18. The molecule has 1 rings (SSSR count). The Bertz CT molecular complexity index is 411. The summed E-state index contributed by atoms with van der Waals surface area (Å²) in [5.41, 5.74) is 0.501. The summed E-state index contributed by atoms with van der Waals surface area (Å²) in [6, 6.07) is 1.63. The van der Waals surface area contributed by atoms with Crippen LogP contribution in [0, 0.1) is 0 Å². The monoisotopic (exact) mass is 350 g/mol. The zero-order valence-electron chi connectivity index (χ0n) is 16.3. The van der Waals surface area contributed by atoms with Crippen molar-refractivity contribution in [2.75, 3.05) is 6.61 Å². The van der Waals surface area contributed by atoms with Gasteiger partial charge in [-0.2, -0.15) is 0 Å². The Balaban J connectivity index is 1.75. The number of ether oxygens (including phenoxy) is 1. The van der Waals surface area contributed by atoms with Gasteiger partial charge in [0.05, 0.1) is 18.4 Å². The smallest absolute Gasteiger partial charge is 0.295 e. The summed E-state index contributed by atoms with van der Waals surface area (Å²) in [5, 5.41) is 0. The maximum Gasteiger partial charge on any atom is 0.295 e. The van der Waals surface area contributed by atoms with Gasteiger partial charge < -0.3 is 9.15 Å². The van der Waals surface area contributed by atoms with Gasteiger partial charge in [-0.25, -0.2) is 0 Å². The number of furan rings is 1. The molecular weight excluding hydrogens is 312 g/mol. The summed E-state index contributed by atoms with van der Waals surface area (Å²) in [6.07, 6.45) is 22.6. The third-order valence-corrected chi connectivity index (χ3v) is 4.77. The van der Waals surface area contributed by atoms with E-state index < -0.39 is 0 Å². The Hall–Kier alpha value is -1.25. The van der Waals surface area contributed by atoms with Gasteiger partial charge in [0.15, 0.2) is 6.29 Å². The summed E-state index contributed by atoms with van der Waals surface area (Å²) >= 11 is 0. The van der Waals surface area contributed by atoms with Crippen LogP contribution in [0.3, 0.4) is 0 Å². The van der Waals surface area contributed by atoms with Gasteiger partial charge in [0, 0.05) is 0 Å². The highest BCUT2D eigenvalue weighted by Crippen LogP contribution is 2.18. The number of carbonyl (C=O) groups excluding carboxylic acids is 1. The second-order valence-electron chi connectivity index (χ2n) is 7.08. The van der Waals surface area contributed by atoms with E-state index in [9.17, 15) is 4.79 Å². The molecule has 25 heavy (non-hydrogen) atoms. The van der Waals surface area contributed by atoms with Crippen LogP contribution in [-0.2, 0) is 0 Å². The molecule has 0 atom stereocenters. The van der Waals surface area contributed by atoms with Crippen molar-refractivity contribution in [1.82, 2.24) is 0 Å². The largest absolute Gasteiger partial charge is 0.465 e. The third-order valence-electron chi connectivity index (χ3n) is 4.77. The molecule has 0 N–H and O–H groups in total. The van der Waals surface area contributed by atoms with Crippen LogP contribution in [0.15, 0.2) is 16.7 Å². The van der Waals surface area contributed by atoms with E-state index in [-0.39, 0.29) is 0 Å². The van der Waals surface area contributed by atoms with Crippen LogP contribution in [0.1, 0.15) is 114 Å². The van der Waals surface area contributed by atoms with Crippen LogP contribution in [0.4, 0.5) is 0 Å². The lowest BCUT2D eigenvalue weighted by atomic mass is 10.0. The van der Waals surface area contributed by atoms with Crippen molar-refractivity contribution in [2.24, 2.45) is 0 Å². The van der Waals surface area contributed by atoms with Gasteiger partial charge >= 0.3 is 0 Å². The minimum Gasteiger partial charge on any atom is -0.465 e. The number of hydrogen-bond acceptors (Lipinski definition) is 3. The average Bonchev–Trinajstić information content (AvgIpc) is 3.09. The summed E-state index contributed by atoms with van der Waals surface area (Å²) < 4.78 is 10.6. The fourth-order valence-electron chi connectivity index (χ4n) is 3.15. The number of carbonyl (C=O) groups is 1. The van der Waals surface area contributed by atoms with Gasteiger partial charge in [-0.15, -0.1) is 0 Å². The van der Waals surface area contributed by atoms with Gasteiger partial charge in [-0.05, 0) is 12.5 Å². The van der Waals surface area contributed by atoms with E-state index in [0.29, 0.717) is 18.1 Å². The molecule has 0 unspecified atom stereocenters. The second kappa shape index (κ2) is 16.2. The Morgan fingerprint density at radius 1 is 0.800 bits per heavy atom. The van der Waals surface area contributed by atoms with Crippen molar-refractivity contribution < 1.29 is 13.9 Å². The van der Waals surface area contributed by atoms with Crippen LogP contribution in [0.25, 0.3) is 0 Å². The van der Waals surface area contributed by atoms with Crippen molar-refractivity contribution in [3.05, 3.63) is 17.9 Å². The SMILES string of the molecule is CCCCCCCCCCCCCCCCCOc1occc1C=O. The number of aldehydes is 1. The quantitative estimate of drug-likeness (QED) is 0.205. The molecule has 0 aliphatic rings. The Labute approximate surface area is 154 Å². The Morgan fingerprint density at radius 3 is 1.76 bits per heavy atom. The van der Waals surface area contributed by atoms with Crippen molar-refractivity contribution in [1.29, 1.82) is 0 Å². The molecule has 0 radical (unpaired) electrons. The molecule has 3 nitrogen and oxygen atoms in total. The first-order chi connectivity index (χ1) is 12.4. The topological polar surface area (TPSA) is 39.4 Å². The maximum atomic E-state index is 10.7. The Morgan fingerprint density at radius 2 is 1.28 bits per heavy atom. The van der Waals surface area contributed by atoms with Crippen LogP contribution >= 0.6 is 0 Å². The highest BCUT2D eigenvalue weighted by atomic mass is 16.6. The highest BCUT2D eigenvalue weighted by molar-refractivity contribution is 5.77. The van der Waals surface area contributed by atoms with E-state index in [1.54, 1.807) is 6.07 Å². The van der Waals surface area contributed by atoms with Gasteiger partial charge in [0.25, 0.3) is 5.95 Å². The molecule has 0 aliphatic heterocycles. The maximum absolute atomic E-state index is 10.7.